The Morgan fingerprint density at radius 1 is 1.18 bits per heavy atom. The minimum atomic E-state index is 0.397. The van der Waals surface area contributed by atoms with E-state index in [1.165, 1.54) is 16.7 Å². The lowest BCUT2D eigenvalue weighted by atomic mass is 10.0. The molecule has 1 atom stereocenters. The molecule has 0 spiro atoms. The SMILES string of the molecule is Cc1ccc(C(C)[NH3+])cc1C. The highest BCUT2D eigenvalue weighted by atomic mass is 14.6. The van der Waals surface area contributed by atoms with Gasteiger partial charge in [-0.15, -0.1) is 0 Å². The number of rotatable bonds is 1. The van der Waals surface area contributed by atoms with E-state index in [-0.39, 0.29) is 0 Å². The molecule has 3 N–H and O–H groups in total. The van der Waals surface area contributed by atoms with Gasteiger partial charge in [0.25, 0.3) is 0 Å². The second-order valence-corrected chi connectivity index (χ2v) is 3.24. The topological polar surface area (TPSA) is 27.6 Å². The Balaban J connectivity index is 3.05. The molecule has 0 aromatic heterocycles. The van der Waals surface area contributed by atoms with Crippen LogP contribution in [0, 0.1) is 13.8 Å². The van der Waals surface area contributed by atoms with Crippen LogP contribution in [0.4, 0.5) is 0 Å². The summed E-state index contributed by atoms with van der Waals surface area (Å²) in [4.78, 5) is 0. The Kier molecular flexibility index (Phi) is 2.30. The molecule has 0 heterocycles. The van der Waals surface area contributed by atoms with Gasteiger partial charge in [-0.2, -0.15) is 0 Å². The second-order valence-electron chi connectivity index (χ2n) is 3.24. The molecule has 0 aliphatic heterocycles. The molecule has 0 aliphatic rings. The van der Waals surface area contributed by atoms with Crippen molar-refractivity contribution in [2.75, 3.05) is 0 Å². The van der Waals surface area contributed by atoms with Gasteiger partial charge in [-0.3, -0.25) is 0 Å². The van der Waals surface area contributed by atoms with Crippen LogP contribution in [0.15, 0.2) is 18.2 Å². The maximum absolute atomic E-state index is 3.98. The molecule has 0 saturated carbocycles. The Hall–Kier alpha value is -0.820. The average Bonchev–Trinajstić information content (AvgIpc) is 1.94. The van der Waals surface area contributed by atoms with E-state index in [2.05, 4.69) is 44.7 Å². The predicted octanol–water partition coefficient (Wildman–Crippen LogP) is 1.61. The highest BCUT2D eigenvalue weighted by Gasteiger charge is 2.02. The molecule has 60 valence electrons. The number of benzene rings is 1. The van der Waals surface area contributed by atoms with Crippen LogP contribution in [0.2, 0.25) is 0 Å². The lowest BCUT2D eigenvalue weighted by Crippen LogP contribution is -2.51. The quantitative estimate of drug-likeness (QED) is 0.630. The first kappa shape index (κ1) is 8.28. The zero-order valence-corrected chi connectivity index (χ0v) is 7.52. The number of hydrogen-bond donors (Lipinski definition) is 1. The summed E-state index contributed by atoms with van der Waals surface area (Å²) >= 11 is 0. The first-order valence-electron chi connectivity index (χ1n) is 4.01. The van der Waals surface area contributed by atoms with Crippen molar-refractivity contribution in [1.29, 1.82) is 0 Å². The number of aryl methyl sites for hydroxylation is 2. The fourth-order valence-corrected chi connectivity index (χ4v) is 1.07. The van der Waals surface area contributed by atoms with Crippen LogP contribution in [0.1, 0.15) is 29.7 Å². The zero-order chi connectivity index (χ0) is 8.43. The van der Waals surface area contributed by atoms with Gasteiger partial charge in [-0.25, -0.2) is 0 Å². The fourth-order valence-electron chi connectivity index (χ4n) is 1.07. The lowest BCUT2D eigenvalue weighted by Gasteiger charge is -2.05. The minimum Gasteiger partial charge on any atom is -0.352 e. The summed E-state index contributed by atoms with van der Waals surface area (Å²) in [6.07, 6.45) is 0. The van der Waals surface area contributed by atoms with Crippen LogP contribution in [-0.2, 0) is 0 Å². The van der Waals surface area contributed by atoms with Gasteiger partial charge in [0.15, 0.2) is 0 Å². The van der Waals surface area contributed by atoms with Gasteiger partial charge in [0.05, 0.1) is 0 Å². The largest absolute Gasteiger partial charge is 0.352 e. The van der Waals surface area contributed by atoms with Gasteiger partial charge < -0.3 is 5.73 Å². The smallest absolute Gasteiger partial charge is 0.107 e. The molecule has 0 bridgehead atoms. The van der Waals surface area contributed by atoms with E-state index < -0.39 is 0 Å². The Morgan fingerprint density at radius 2 is 1.82 bits per heavy atom. The van der Waals surface area contributed by atoms with Crippen molar-refractivity contribution in [3.8, 4) is 0 Å². The molecule has 0 aliphatic carbocycles. The monoisotopic (exact) mass is 150 g/mol. The molecule has 0 amide bonds. The van der Waals surface area contributed by atoms with Gasteiger partial charge in [-0.1, -0.05) is 12.1 Å². The molecule has 0 radical (unpaired) electrons. The zero-order valence-electron chi connectivity index (χ0n) is 7.52. The van der Waals surface area contributed by atoms with Crippen LogP contribution in [0.5, 0.6) is 0 Å². The molecular formula is C10H16N+. The molecule has 1 nitrogen and oxygen atoms in total. The number of hydrogen-bond acceptors (Lipinski definition) is 0. The molecule has 1 aromatic rings. The summed E-state index contributed by atoms with van der Waals surface area (Å²) in [7, 11) is 0. The van der Waals surface area contributed by atoms with E-state index in [1.54, 1.807) is 0 Å². The molecule has 0 saturated heterocycles. The van der Waals surface area contributed by atoms with Gasteiger partial charge >= 0.3 is 0 Å². The van der Waals surface area contributed by atoms with Crippen molar-refractivity contribution in [3.05, 3.63) is 34.9 Å². The molecular weight excluding hydrogens is 134 g/mol. The molecule has 0 fully saturated rings. The van der Waals surface area contributed by atoms with Crippen molar-refractivity contribution in [3.63, 3.8) is 0 Å². The Morgan fingerprint density at radius 3 is 2.27 bits per heavy atom. The molecule has 11 heavy (non-hydrogen) atoms. The summed E-state index contributed by atoms with van der Waals surface area (Å²) in [5, 5.41) is 0. The van der Waals surface area contributed by atoms with Crippen LogP contribution in [-0.4, -0.2) is 0 Å². The highest BCUT2D eigenvalue weighted by molar-refractivity contribution is 5.30. The van der Waals surface area contributed by atoms with E-state index in [9.17, 15) is 0 Å². The van der Waals surface area contributed by atoms with E-state index >= 15 is 0 Å². The summed E-state index contributed by atoms with van der Waals surface area (Å²) in [5.41, 5.74) is 8.02. The van der Waals surface area contributed by atoms with Crippen LogP contribution in [0.3, 0.4) is 0 Å². The Labute approximate surface area is 68.2 Å². The van der Waals surface area contributed by atoms with Crippen LogP contribution < -0.4 is 5.73 Å². The maximum Gasteiger partial charge on any atom is 0.107 e. The van der Waals surface area contributed by atoms with E-state index in [1.807, 2.05) is 0 Å². The minimum absolute atomic E-state index is 0.397. The molecule has 1 heteroatoms. The predicted molar refractivity (Wildman–Crippen MR) is 47.2 cm³/mol. The fraction of sp³-hybridized carbons (Fsp3) is 0.400. The first-order valence-corrected chi connectivity index (χ1v) is 4.01. The van der Waals surface area contributed by atoms with E-state index in [4.69, 9.17) is 0 Å². The highest BCUT2D eigenvalue weighted by Crippen LogP contribution is 2.13. The number of quaternary nitrogens is 1. The van der Waals surface area contributed by atoms with Crippen molar-refractivity contribution < 1.29 is 5.73 Å². The third-order valence-electron chi connectivity index (χ3n) is 2.10. The van der Waals surface area contributed by atoms with Crippen LogP contribution in [0.25, 0.3) is 0 Å². The average molecular weight is 150 g/mol. The normalized spacial score (nSPS) is 13.1. The van der Waals surface area contributed by atoms with E-state index in [0.29, 0.717) is 6.04 Å². The molecule has 1 aromatic carbocycles. The van der Waals surface area contributed by atoms with Crippen molar-refractivity contribution in [2.45, 2.75) is 26.8 Å². The Bertz CT molecular complexity index is 251. The van der Waals surface area contributed by atoms with Crippen molar-refractivity contribution in [1.82, 2.24) is 0 Å². The second kappa shape index (κ2) is 3.05. The summed E-state index contributed by atoms with van der Waals surface area (Å²) in [5.74, 6) is 0. The van der Waals surface area contributed by atoms with Gasteiger partial charge in [-0.05, 0) is 38.0 Å². The third kappa shape index (κ3) is 1.81. The van der Waals surface area contributed by atoms with Crippen molar-refractivity contribution >= 4 is 0 Å². The lowest BCUT2D eigenvalue weighted by molar-refractivity contribution is -0.420. The standard InChI is InChI=1S/C10H15N/c1-7-4-5-10(9(3)11)6-8(7)2/h4-6,9H,11H2,1-3H3/p+1. The molecule has 1 rings (SSSR count). The van der Waals surface area contributed by atoms with Gasteiger partial charge in [0, 0.05) is 5.56 Å². The van der Waals surface area contributed by atoms with E-state index in [0.717, 1.165) is 0 Å². The van der Waals surface area contributed by atoms with Crippen molar-refractivity contribution in [2.24, 2.45) is 0 Å². The summed E-state index contributed by atoms with van der Waals surface area (Å²) in [6, 6.07) is 6.92. The third-order valence-corrected chi connectivity index (χ3v) is 2.10. The first-order chi connectivity index (χ1) is 5.11. The van der Waals surface area contributed by atoms with Crippen LogP contribution >= 0.6 is 0 Å². The molecule has 1 unspecified atom stereocenters. The van der Waals surface area contributed by atoms with Gasteiger partial charge in [0.2, 0.25) is 0 Å². The van der Waals surface area contributed by atoms with Gasteiger partial charge in [0.1, 0.15) is 6.04 Å². The maximum atomic E-state index is 3.98. The summed E-state index contributed by atoms with van der Waals surface area (Å²) in [6.45, 7) is 6.39. The summed E-state index contributed by atoms with van der Waals surface area (Å²) < 4.78 is 0.